The second-order valence-corrected chi connectivity index (χ2v) is 9.21. The van der Waals surface area contributed by atoms with E-state index in [4.69, 9.17) is 4.74 Å². The van der Waals surface area contributed by atoms with E-state index in [2.05, 4.69) is 22.6 Å². The normalized spacial score (nSPS) is 11.5. The molecule has 130 valence electrons. The van der Waals surface area contributed by atoms with E-state index in [-0.39, 0.29) is 12.4 Å². The first-order valence-corrected chi connectivity index (χ1v) is 10.7. The zero-order valence-electron chi connectivity index (χ0n) is 13.8. The third kappa shape index (κ3) is 5.46. The van der Waals surface area contributed by atoms with Gasteiger partial charge in [0.1, 0.15) is 15.6 Å². The van der Waals surface area contributed by atoms with Gasteiger partial charge in [-0.05, 0) is 76.4 Å². The quantitative estimate of drug-likeness (QED) is 0.507. The molecule has 24 heavy (non-hydrogen) atoms. The number of hydrogen-bond donors (Lipinski definition) is 1. The largest absolute Gasteiger partial charge is 0.494 e. The van der Waals surface area contributed by atoms with E-state index in [1.165, 1.54) is 6.26 Å². The van der Waals surface area contributed by atoms with Crippen LogP contribution in [0, 0.1) is 10.5 Å². The first-order chi connectivity index (χ1) is 11.3. The predicted molar refractivity (Wildman–Crippen MR) is 105 cm³/mol. The van der Waals surface area contributed by atoms with Gasteiger partial charge in [0.2, 0.25) is 0 Å². The third-order valence-corrected chi connectivity index (χ3v) is 5.47. The minimum absolute atomic E-state index is 0.0188. The second-order valence-electron chi connectivity index (χ2n) is 5.79. The van der Waals surface area contributed by atoms with Crippen molar-refractivity contribution in [3.05, 3.63) is 51.1 Å². The number of hydrogen-bond acceptors (Lipinski definition) is 4. The van der Waals surface area contributed by atoms with E-state index in [1.54, 1.807) is 0 Å². The van der Waals surface area contributed by atoms with Crippen LogP contribution >= 0.6 is 22.6 Å². The van der Waals surface area contributed by atoms with Gasteiger partial charge in [-0.15, -0.1) is 0 Å². The van der Waals surface area contributed by atoms with Crippen LogP contribution in [-0.2, 0) is 16.4 Å². The van der Waals surface area contributed by atoms with Gasteiger partial charge in [-0.25, -0.2) is 8.42 Å². The number of rotatable bonds is 7. The van der Waals surface area contributed by atoms with E-state index in [0.29, 0.717) is 13.0 Å². The molecule has 0 atom stereocenters. The van der Waals surface area contributed by atoms with E-state index >= 15 is 0 Å². The lowest BCUT2D eigenvalue weighted by molar-refractivity contribution is 0.282. The summed E-state index contributed by atoms with van der Waals surface area (Å²) in [6.45, 7) is 2.42. The molecular weight excluding hydrogens is 439 g/mol. The Kier molecular flexibility index (Phi) is 6.65. The molecule has 0 radical (unpaired) electrons. The molecule has 0 saturated carbocycles. The summed E-state index contributed by atoms with van der Waals surface area (Å²) in [7, 11) is -2.95. The van der Waals surface area contributed by atoms with Crippen molar-refractivity contribution in [3.8, 4) is 16.9 Å². The minimum Gasteiger partial charge on any atom is -0.494 e. The first kappa shape index (κ1) is 19.2. The van der Waals surface area contributed by atoms with Crippen LogP contribution in [-0.4, -0.2) is 32.1 Å². The Morgan fingerprint density at radius 3 is 2.58 bits per heavy atom. The lowest BCUT2D eigenvalue weighted by Gasteiger charge is -2.13. The lowest BCUT2D eigenvalue weighted by atomic mass is 9.99. The monoisotopic (exact) mass is 460 g/mol. The average molecular weight is 460 g/mol. The van der Waals surface area contributed by atoms with Gasteiger partial charge in [-0.2, -0.15) is 0 Å². The highest BCUT2D eigenvalue weighted by Crippen LogP contribution is 2.33. The van der Waals surface area contributed by atoms with Crippen molar-refractivity contribution in [2.45, 2.75) is 20.0 Å². The Labute approximate surface area is 156 Å². The molecule has 1 N–H and O–H groups in total. The molecule has 4 nitrogen and oxygen atoms in total. The maximum Gasteiger partial charge on any atom is 0.147 e. The fourth-order valence-electron chi connectivity index (χ4n) is 2.50. The number of halogens is 1. The third-order valence-electron chi connectivity index (χ3n) is 3.59. The SMILES string of the molecule is Cc1cc(OCCCS(C)(=O)=O)cc(I)c1-c1cccc(CO)c1. The Hall–Kier alpha value is -1.12. The molecule has 0 bridgehead atoms. The summed E-state index contributed by atoms with van der Waals surface area (Å²) in [5, 5.41) is 9.30. The Morgan fingerprint density at radius 1 is 1.21 bits per heavy atom. The standard InChI is InChI=1S/C18H21IO4S/c1-13-9-16(23-7-4-8-24(2,21)22)11-17(19)18(13)15-6-3-5-14(10-15)12-20/h3,5-6,9-11,20H,4,7-8,12H2,1-2H3. The molecule has 0 saturated heterocycles. The van der Waals surface area contributed by atoms with Crippen molar-refractivity contribution < 1.29 is 18.3 Å². The van der Waals surface area contributed by atoms with Crippen LogP contribution in [0.3, 0.4) is 0 Å². The van der Waals surface area contributed by atoms with Crippen LogP contribution in [0.5, 0.6) is 5.75 Å². The van der Waals surface area contributed by atoms with Gasteiger partial charge in [0, 0.05) is 9.83 Å². The maximum atomic E-state index is 11.1. The zero-order valence-corrected chi connectivity index (χ0v) is 16.7. The number of aliphatic hydroxyl groups is 1. The second kappa shape index (κ2) is 8.31. The van der Waals surface area contributed by atoms with Crippen LogP contribution < -0.4 is 4.74 Å². The summed E-state index contributed by atoms with van der Waals surface area (Å²) in [5.41, 5.74) is 4.14. The maximum absolute atomic E-state index is 11.1. The number of benzene rings is 2. The fraction of sp³-hybridized carbons (Fsp3) is 0.333. The average Bonchev–Trinajstić information content (AvgIpc) is 2.50. The highest BCUT2D eigenvalue weighted by Gasteiger charge is 2.10. The summed E-state index contributed by atoms with van der Waals surface area (Å²) in [6.07, 6.45) is 1.71. The molecule has 6 heteroatoms. The summed E-state index contributed by atoms with van der Waals surface area (Å²) >= 11 is 2.27. The molecule has 2 rings (SSSR count). The van der Waals surface area contributed by atoms with Crippen LogP contribution in [0.1, 0.15) is 17.5 Å². The smallest absolute Gasteiger partial charge is 0.147 e. The van der Waals surface area contributed by atoms with Crippen molar-refractivity contribution in [2.24, 2.45) is 0 Å². The van der Waals surface area contributed by atoms with E-state index in [0.717, 1.165) is 31.6 Å². The fourth-order valence-corrected chi connectivity index (χ4v) is 4.18. The van der Waals surface area contributed by atoms with Crippen molar-refractivity contribution in [1.82, 2.24) is 0 Å². The van der Waals surface area contributed by atoms with Gasteiger partial charge in [0.25, 0.3) is 0 Å². The van der Waals surface area contributed by atoms with Crippen molar-refractivity contribution >= 4 is 32.4 Å². The van der Waals surface area contributed by atoms with Crippen molar-refractivity contribution in [3.63, 3.8) is 0 Å². The van der Waals surface area contributed by atoms with Gasteiger partial charge >= 0.3 is 0 Å². The summed E-state index contributed by atoms with van der Waals surface area (Å²) in [5.74, 6) is 0.877. The number of sulfone groups is 1. The molecule has 0 aliphatic heterocycles. The molecule has 0 aromatic heterocycles. The molecule has 0 spiro atoms. The van der Waals surface area contributed by atoms with Gasteiger partial charge in [0.15, 0.2) is 0 Å². The Balaban J connectivity index is 2.16. The van der Waals surface area contributed by atoms with Gasteiger partial charge in [0.05, 0.1) is 19.0 Å². The molecule has 2 aromatic carbocycles. The van der Waals surface area contributed by atoms with Crippen LogP contribution in [0.4, 0.5) is 0 Å². The van der Waals surface area contributed by atoms with Crippen molar-refractivity contribution in [2.75, 3.05) is 18.6 Å². The molecule has 0 amide bonds. The van der Waals surface area contributed by atoms with Gasteiger partial charge < -0.3 is 9.84 Å². The molecule has 2 aromatic rings. The number of ether oxygens (including phenoxy) is 1. The molecule has 0 fully saturated rings. The summed E-state index contributed by atoms with van der Waals surface area (Å²) in [4.78, 5) is 0. The Bertz CT molecular complexity index is 793. The highest BCUT2D eigenvalue weighted by atomic mass is 127. The van der Waals surface area contributed by atoms with Gasteiger partial charge in [-0.1, -0.05) is 18.2 Å². The first-order valence-electron chi connectivity index (χ1n) is 7.61. The molecular formula is C18H21IO4S. The molecule has 0 unspecified atom stereocenters. The van der Waals surface area contributed by atoms with Gasteiger partial charge in [-0.3, -0.25) is 0 Å². The van der Waals surface area contributed by atoms with E-state index in [1.807, 2.05) is 43.3 Å². The highest BCUT2D eigenvalue weighted by molar-refractivity contribution is 14.1. The zero-order chi connectivity index (χ0) is 17.7. The lowest BCUT2D eigenvalue weighted by Crippen LogP contribution is -2.08. The van der Waals surface area contributed by atoms with Crippen LogP contribution in [0.25, 0.3) is 11.1 Å². The molecule has 0 aliphatic rings. The topological polar surface area (TPSA) is 63.6 Å². The van der Waals surface area contributed by atoms with E-state index < -0.39 is 9.84 Å². The minimum atomic E-state index is -2.95. The summed E-state index contributed by atoms with van der Waals surface area (Å²) < 4.78 is 29.0. The summed E-state index contributed by atoms with van der Waals surface area (Å²) in [6, 6.07) is 11.8. The number of aryl methyl sites for hydroxylation is 1. The Morgan fingerprint density at radius 2 is 1.96 bits per heavy atom. The molecule has 0 heterocycles. The molecule has 0 aliphatic carbocycles. The van der Waals surface area contributed by atoms with Crippen molar-refractivity contribution in [1.29, 1.82) is 0 Å². The van der Waals surface area contributed by atoms with E-state index in [9.17, 15) is 13.5 Å². The van der Waals surface area contributed by atoms with Crippen LogP contribution in [0.15, 0.2) is 36.4 Å². The van der Waals surface area contributed by atoms with Crippen LogP contribution in [0.2, 0.25) is 0 Å². The number of aliphatic hydroxyl groups excluding tert-OH is 1. The predicted octanol–water partition coefficient (Wildman–Crippen LogP) is 3.57.